The summed E-state index contributed by atoms with van der Waals surface area (Å²) in [6, 6.07) is 14.4. The Labute approximate surface area is 153 Å². The van der Waals surface area contributed by atoms with E-state index in [-0.39, 0.29) is 11.9 Å². The maximum atomic E-state index is 12.5. The van der Waals surface area contributed by atoms with E-state index in [9.17, 15) is 4.79 Å². The molecule has 0 saturated carbocycles. The molecule has 0 aliphatic rings. The Morgan fingerprint density at radius 1 is 1.24 bits per heavy atom. The second-order valence-corrected chi connectivity index (χ2v) is 6.09. The summed E-state index contributed by atoms with van der Waals surface area (Å²) in [7, 11) is 3.43. The second kappa shape index (κ2) is 9.30. The first kappa shape index (κ1) is 19.1. The minimum absolute atomic E-state index is 0.136. The molecular formula is C19H23ClN2O3. The first-order chi connectivity index (χ1) is 12.0. The molecule has 1 atom stereocenters. The van der Waals surface area contributed by atoms with Crippen molar-refractivity contribution >= 4 is 23.2 Å². The summed E-state index contributed by atoms with van der Waals surface area (Å²) < 4.78 is 10.9. The van der Waals surface area contributed by atoms with Gasteiger partial charge >= 0.3 is 0 Å². The van der Waals surface area contributed by atoms with Crippen LogP contribution in [0.25, 0.3) is 0 Å². The van der Waals surface area contributed by atoms with Gasteiger partial charge in [-0.1, -0.05) is 29.8 Å². The molecule has 0 aliphatic carbocycles. The summed E-state index contributed by atoms with van der Waals surface area (Å²) in [6.07, 6.45) is 0. The highest BCUT2D eigenvalue weighted by Gasteiger charge is 2.19. The van der Waals surface area contributed by atoms with Crippen LogP contribution in [-0.2, 0) is 4.79 Å². The fourth-order valence-electron chi connectivity index (χ4n) is 2.23. The number of amides is 1. The second-order valence-electron chi connectivity index (χ2n) is 5.65. The molecule has 0 saturated heterocycles. The molecule has 2 rings (SSSR count). The van der Waals surface area contributed by atoms with Gasteiger partial charge in [-0.25, -0.2) is 0 Å². The van der Waals surface area contributed by atoms with Gasteiger partial charge in [-0.2, -0.15) is 0 Å². The molecule has 0 spiro atoms. The fourth-order valence-corrected chi connectivity index (χ4v) is 2.41. The molecule has 1 N–H and O–H groups in total. The number of likely N-dealkylation sites (N-methyl/N-ethyl adjacent to an activating group) is 1. The van der Waals surface area contributed by atoms with Crippen molar-refractivity contribution in [3.8, 4) is 11.5 Å². The van der Waals surface area contributed by atoms with Crippen molar-refractivity contribution in [2.24, 2.45) is 0 Å². The van der Waals surface area contributed by atoms with Gasteiger partial charge in [0.15, 0.2) is 0 Å². The summed E-state index contributed by atoms with van der Waals surface area (Å²) >= 11 is 5.99. The Morgan fingerprint density at radius 3 is 2.64 bits per heavy atom. The number of nitrogens with one attached hydrogen (secondary N) is 1. The third kappa shape index (κ3) is 5.66. The number of carbonyl (C=O) groups excluding carboxylic acids is 1. The zero-order valence-corrected chi connectivity index (χ0v) is 15.4. The number of methoxy groups -OCH3 is 1. The van der Waals surface area contributed by atoms with Crippen molar-refractivity contribution in [3.05, 3.63) is 53.6 Å². The zero-order valence-electron chi connectivity index (χ0n) is 14.7. The topological polar surface area (TPSA) is 50.8 Å². The third-order valence-electron chi connectivity index (χ3n) is 3.92. The first-order valence-electron chi connectivity index (χ1n) is 8.03. The minimum atomic E-state index is -0.330. The molecule has 134 valence electrons. The molecular weight excluding hydrogens is 340 g/mol. The van der Waals surface area contributed by atoms with Crippen molar-refractivity contribution in [1.82, 2.24) is 4.90 Å². The molecule has 0 aliphatic heterocycles. The number of halogens is 1. The van der Waals surface area contributed by atoms with E-state index in [2.05, 4.69) is 5.32 Å². The third-order valence-corrected chi connectivity index (χ3v) is 4.15. The largest absolute Gasteiger partial charge is 0.495 e. The monoisotopic (exact) mass is 362 g/mol. The first-order valence-corrected chi connectivity index (χ1v) is 8.41. The SMILES string of the molecule is COc1ccc(Cl)cc1NC(=O)C(C)N(C)CCOc1ccccc1. The van der Waals surface area contributed by atoms with Crippen molar-refractivity contribution in [2.75, 3.05) is 32.6 Å². The summed E-state index contributed by atoms with van der Waals surface area (Å²) in [4.78, 5) is 14.4. The molecule has 2 aromatic rings. The summed E-state index contributed by atoms with van der Waals surface area (Å²) in [6.45, 7) is 2.96. The average molecular weight is 363 g/mol. The molecule has 5 nitrogen and oxygen atoms in total. The maximum Gasteiger partial charge on any atom is 0.241 e. The molecule has 6 heteroatoms. The van der Waals surface area contributed by atoms with Crippen molar-refractivity contribution in [2.45, 2.75) is 13.0 Å². The van der Waals surface area contributed by atoms with Crippen LogP contribution < -0.4 is 14.8 Å². The van der Waals surface area contributed by atoms with Gasteiger partial charge in [0.05, 0.1) is 18.8 Å². The maximum absolute atomic E-state index is 12.5. The number of carbonyl (C=O) groups is 1. The number of rotatable bonds is 8. The quantitative estimate of drug-likeness (QED) is 0.778. The lowest BCUT2D eigenvalue weighted by atomic mass is 10.2. The van der Waals surface area contributed by atoms with E-state index in [0.717, 1.165) is 5.75 Å². The molecule has 1 amide bonds. The fraction of sp³-hybridized carbons (Fsp3) is 0.316. The Hall–Kier alpha value is -2.24. The number of benzene rings is 2. The predicted octanol–water partition coefficient (Wildman–Crippen LogP) is 3.69. The lowest BCUT2D eigenvalue weighted by molar-refractivity contribution is -0.120. The zero-order chi connectivity index (χ0) is 18.2. The predicted molar refractivity (Wildman–Crippen MR) is 101 cm³/mol. The Kier molecular flexibility index (Phi) is 7.10. The Bertz CT molecular complexity index is 694. The van der Waals surface area contributed by atoms with Gasteiger partial charge in [0, 0.05) is 11.6 Å². The van der Waals surface area contributed by atoms with E-state index in [1.807, 2.05) is 49.2 Å². The molecule has 0 aromatic heterocycles. The van der Waals surface area contributed by atoms with Crippen molar-refractivity contribution in [3.63, 3.8) is 0 Å². The van der Waals surface area contributed by atoms with E-state index < -0.39 is 0 Å². The molecule has 25 heavy (non-hydrogen) atoms. The van der Waals surface area contributed by atoms with Crippen LogP contribution in [0, 0.1) is 0 Å². The van der Waals surface area contributed by atoms with Crippen LogP contribution in [0.5, 0.6) is 11.5 Å². The van der Waals surface area contributed by atoms with Crippen LogP contribution in [0.2, 0.25) is 5.02 Å². The van der Waals surface area contributed by atoms with Crippen LogP contribution in [0.4, 0.5) is 5.69 Å². The van der Waals surface area contributed by atoms with Gasteiger partial charge in [-0.15, -0.1) is 0 Å². The standard InChI is InChI=1S/C19H23ClN2O3/c1-14(22(2)11-12-25-16-7-5-4-6-8-16)19(23)21-17-13-15(20)9-10-18(17)24-3/h4-10,13-14H,11-12H2,1-3H3,(H,21,23). The van der Waals surface area contributed by atoms with Crippen molar-refractivity contribution in [1.29, 1.82) is 0 Å². The number of anilines is 1. The van der Waals surface area contributed by atoms with Crippen LogP contribution in [0.15, 0.2) is 48.5 Å². The Morgan fingerprint density at radius 2 is 1.96 bits per heavy atom. The normalized spacial score (nSPS) is 11.9. The van der Waals surface area contributed by atoms with E-state index in [4.69, 9.17) is 21.1 Å². The van der Waals surface area contributed by atoms with Gasteiger partial charge in [0.25, 0.3) is 0 Å². The number of hydrogen-bond donors (Lipinski definition) is 1. The van der Waals surface area contributed by atoms with Gasteiger partial charge in [-0.05, 0) is 44.3 Å². The smallest absolute Gasteiger partial charge is 0.241 e. The van der Waals surface area contributed by atoms with Crippen LogP contribution in [-0.4, -0.2) is 44.2 Å². The number of ether oxygens (including phenoxy) is 2. The van der Waals surface area contributed by atoms with Crippen LogP contribution in [0.1, 0.15) is 6.92 Å². The average Bonchev–Trinajstić information content (AvgIpc) is 2.62. The van der Waals surface area contributed by atoms with Gasteiger partial charge in [0.2, 0.25) is 5.91 Å². The van der Waals surface area contributed by atoms with E-state index >= 15 is 0 Å². The number of hydrogen-bond acceptors (Lipinski definition) is 4. The van der Waals surface area contributed by atoms with Gasteiger partial charge in [0.1, 0.15) is 18.1 Å². The van der Waals surface area contributed by atoms with Crippen LogP contribution >= 0.6 is 11.6 Å². The highest BCUT2D eigenvalue weighted by molar-refractivity contribution is 6.31. The minimum Gasteiger partial charge on any atom is -0.495 e. The van der Waals surface area contributed by atoms with Gasteiger partial charge in [-0.3, -0.25) is 9.69 Å². The van der Waals surface area contributed by atoms with Crippen molar-refractivity contribution < 1.29 is 14.3 Å². The van der Waals surface area contributed by atoms with Gasteiger partial charge < -0.3 is 14.8 Å². The molecule has 0 fully saturated rings. The van der Waals surface area contributed by atoms with E-state index in [0.29, 0.717) is 29.6 Å². The molecule has 1 unspecified atom stereocenters. The molecule has 2 aromatic carbocycles. The highest BCUT2D eigenvalue weighted by atomic mass is 35.5. The number of para-hydroxylation sites is 1. The summed E-state index contributed by atoms with van der Waals surface area (Å²) in [5.74, 6) is 1.25. The van der Waals surface area contributed by atoms with E-state index in [1.54, 1.807) is 25.3 Å². The lowest BCUT2D eigenvalue weighted by Crippen LogP contribution is -2.41. The molecule has 0 bridgehead atoms. The van der Waals surface area contributed by atoms with Crippen LogP contribution in [0.3, 0.4) is 0 Å². The molecule has 0 heterocycles. The highest BCUT2D eigenvalue weighted by Crippen LogP contribution is 2.27. The molecule has 0 radical (unpaired) electrons. The summed E-state index contributed by atoms with van der Waals surface area (Å²) in [5.41, 5.74) is 0.556. The Balaban J connectivity index is 1.87. The lowest BCUT2D eigenvalue weighted by Gasteiger charge is -2.24. The van der Waals surface area contributed by atoms with E-state index in [1.165, 1.54) is 0 Å². The summed E-state index contributed by atoms with van der Waals surface area (Å²) in [5, 5.41) is 3.40. The number of nitrogens with zero attached hydrogens (tertiary/aromatic N) is 1.